The average molecular weight is 263 g/mol. The van der Waals surface area contributed by atoms with Crippen molar-refractivity contribution in [1.82, 2.24) is 5.32 Å². The second-order valence-electron chi connectivity index (χ2n) is 5.40. The van der Waals surface area contributed by atoms with Crippen LogP contribution in [0.3, 0.4) is 0 Å². The topological polar surface area (TPSA) is 30.5 Å². The summed E-state index contributed by atoms with van der Waals surface area (Å²) < 4.78 is 10.9. The van der Waals surface area contributed by atoms with E-state index in [9.17, 15) is 0 Å². The molecule has 3 heteroatoms. The summed E-state index contributed by atoms with van der Waals surface area (Å²) >= 11 is 0. The van der Waals surface area contributed by atoms with E-state index < -0.39 is 0 Å². The van der Waals surface area contributed by atoms with E-state index in [0.717, 1.165) is 5.57 Å². The number of methoxy groups -OCH3 is 1. The van der Waals surface area contributed by atoms with E-state index >= 15 is 0 Å². The van der Waals surface area contributed by atoms with Crippen LogP contribution in [0, 0.1) is 5.41 Å². The molecule has 1 aliphatic rings. The third-order valence-corrected chi connectivity index (χ3v) is 4.24. The zero-order valence-electron chi connectivity index (χ0n) is 12.7. The van der Waals surface area contributed by atoms with Gasteiger partial charge in [-0.05, 0) is 32.5 Å². The van der Waals surface area contributed by atoms with Crippen molar-refractivity contribution in [3.8, 4) is 0 Å². The summed E-state index contributed by atoms with van der Waals surface area (Å²) in [7, 11) is 3.67. The monoisotopic (exact) mass is 263 g/mol. The normalized spacial score (nSPS) is 33.2. The highest BCUT2D eigenvalue weighted by molar-refractivity contribution is 5.44. The van der Waals surface area contributed by atoms with E-state index in [2.05, 4.69) is 38.9 Å². The van der Waals surface area contributed by atoms with Crippen molar-refractivity contribution < 1.29 is 9.47 Å². The Balaban J connectivity index is 2.77. The maximum atomic E-state index is 5.55. The lowest BCUT2D eigenvalue weighted by atomic mass is 9.93. The molecule has 0 heterocycles. The van der Waals surface area contributed by atoms with Crippen LogP contribution in [0.1, 0.15) is 20.8 Å². The fraction of sp³-hybridized carbons (Fsp3) is 0.500. The summed E-state index contributed by atoms with van der Waals surface area (Å²) in [5.41, 5.74) is 0.763. The van der Waals surface area contributed by atoms with Crippen LogP contribution in [-0.2, 0) is 9.47 Å². The van der Waals surface area contributed by atoms with Gasteiger partial charge in [-0.25, -0.2) is 0 Å². The fourth-order valence-corrected chi connectivity index (χ4v) is 2.74. The molecule has 1 fully saturated rings. The summed E-state index contributed by atoms with van der Waals surface area (Å²) in [6.45, 7) is 17.7. The molecule has 0 saturated heterocycles. The number of allylic oxidation sites excluding steroid dienone is 3. The van der Waals surface area contributed by atoms with Crippen molar-refractivity contribution in [2.45, 2.75) is 32.4 Å². The molecule has 1 rings (SSSR count). The first-order chi connectivity index (χ1) is 8.73. The van der Waals surface area contributed by atoms with Crippen molar-refractivity contribution in [3.05, 3.63) is 49.0 Å². The lowest BCUT2D eigenvalue weighted by molar-refractivity contribution is 0.146. The molecule has 1 saturated carbocycles. The quantitative estimate of drug-likeness (QED) is 0.565. The second kappa shape index (κ2) is 5.35. The van der Waals surface area contributed by atoms with Gasteiger partial charge in [0.05, 0.1) is 17.4 Å². The average Bonchev–Trinajstić information content (AvgIpc) is 2.83. The Kier molecular flexibility index (Phi) is 4.43. The second-order valence-corrected chi connectivity index (χ2v) is 5.40. The lowest BCUT2D eigenvalue weighted by Gasteiger charge is -2.17. The highest BCUT2D eigenvalue weighted by Crippen LogP contribution is 2.61. The Hall–Kier alpha value is -1.32. The number of hydrogen-bond acceptors (Lipinski definition) is 3. The number of hydrogen-bond donors (Lipinski definition) is 1. The van der Waals surface area contributed by atoms with E-state index in [-0.39, 0.29) is 17.1 Å². The standard InChI is InChI=1S/C16H25NO2/c1-11(2)19-13(4)10-9-12(3)15(5)14(18-8)16(15,6)17-7/h9-10,14,17H,1,3-4H2,2,5-8H3/b10-9-. The highest BCUT2D eigenvalue weighted by atomic mass is 16.5. The third-order valence-electron chi connectivity index (χ3n) is 4.24. The summed E-state index contributed by atoms with van der Waals surface area (Å²) in [5.74, 6) is 1.17. The molecule has 0 spiro atoms. The Labute approximate surface area is 116 Å². The van der Waals surface area contributed by atoms with Crippen LogP contribution in [0.5, 0.6) is 0 Å². The number of rotatable bonds is 7. The first-order valence-corrected chi connectivity index (χ1v) is 6.35. The first-order valence-electron chi connectivity index (χ1n) is 6.35. The molecule has 0 aromatic rings. The van der Waals surface area contributed by atoms with Crippen LogP contribution in [-0.4, -0.2) is 25.8 Å². The minimum Gasteiger partial charge on any atom is -0.463 e. The third kappa shape index (κ3) is 2.53. The van der Waals surface area contributed by atoms with Gasteiger partial charge in [0.15, 0.2) is 0 Å². The molecule has 0 radical (unpaired) electrons. The van der Waals surface area contributed by atoms with Crippen molar-refractivity contribution in [1.29, 1.82) is 0 Å². The molecule has 0 amide bonds. The Morgan fingerprint density at radius 1 is 1.21 bits per heavy atom. The molecule has 1 N–H and O–H groups in total. The molecule has 0 aromatic carbocycles. The Morgan fingerprint density at radius 2 is 1.79 bits per heavy atom. The summed E-state index contributed by atoms with van der Waals surface area (Å²) in [5, 5.41) is 3.32. The number of likely N-dealkylation sites (N-methyl/N-ethyl adjacent to an activating group) is 1. The number of nitrogens with one attached hydrogen (secondary N) is 1. The largest absolute Gasteiger partial charge is 0.463 e. The van der Waals surface area contributed by atoms with E-state index in [1.165, 1.54) is 0 Å². The summed E-state index contributed by atoms with van der Waals surface area (Å²) in [6, 6.07) is 0. The van der Waals surface area contributed by atoms with Crippen LogP contribution in [0.15, 0.2) is 49.0 Å². The van der Waals surface area contributed by atoms with Crippen molar-refractivity contribution in [3.63, 3.8) is 0 Å². The predicted octanol–water partition coefficient (Wildman–Crippen LogP) is 3.18. The minimum absolute atomic E-state index is 0.0975. The van der Waals surface area contributed by atoms with Crippen molar-refractivity contribution in [2.75, 3.05) is 14.2 Å². The highest BCUT2D eigenvalue weighted by Gasteiger charge is 2.72. The molecule has 3 nitrogen and oxygen atoms in total. The van der Waals surface area contributed by atoms with Gasteiger partial charge >= 0.3 is 0 Å². The molecule has 3 unspecified atom stereocenters. The molecule has 106 valence electrons. The maximum absolute atomic E-state index is 5.55. The van der Waals surface area contributed by atoms with Gasteiger partial charge in [-0.3, -0.25) is 0 Å². The van der Waals surface area contributed by atoms with E-state index in [1.807, 2.05) is 19.2 Å². The first kappa shape index (κ1) is 15.7. The molecule has 1 aliphatic carbocycles. The van der Waals surface area contributed by atoms with Gasteiger partial charge in [-0.2, -0.15) is 0 Å². The Bertz CT molecular complexity index is 438. The molecule has 19 heavy (non-hydrogen) atoms. The summed E-state index contributed by atoms with van der Waals surface area (Å²) in [4.78, 5) is 0. The SMILES string of the molecule is C=C(C)OC(=C)/C=C\C(=C)C1(C)C(OC)C1(C)NC. The van der Waals surface area contributed by atoms with Crippen molar-refractivity contribution in [2.24, 2.45) is 5.41 Å². The van der Waals surface area contributed by atoms with Crippen LogP contribution in [0.2, 0.25) is 0 Å². The van der Waals surface area contributed by atoms with Gasteiger partial charge < -0.3 is 14.8 Å². The van der Waals surface area contributed by atoms with Gasteiger partial charge in [0.25, 0.3) is 0 Å². The van der Waals surface area contributed by atoms with Gasteiger partial charge in [0, 0.05) is 12.5 Å². The molecule has 0 aliphatic heterocycles. The smallest absolute Gasteiger partial charge is 0.119 e. The van der Waals surface area contributed by atoms with Crippen LogP contribution >= 0.6 is 0 Å². The minimum atomic E-state index is -0.128. The fourth-order valence-electron chi connectivity index (χ4n) is 2.74. The van der Waals surface area contributed by atoms with Crippen molar-refractivity contribution >= 4 is 0 Å². The maximum Gasteiger partial charge on any atom is 0.119 e. The predicted molar refractivity (Wildman–Crippen MR) is 79.7 cm³/mol. The van der Waals surface area contributed by atoms with E-state index in [4.69, 9.17) is 9.47 Å². The Morgan fingerprint density at radius 3 is 2.16 bits per heavy atom. The number of ether oxygens (including phenoxy) is 2. The molecule has 3 atom stereocenters. The van der Waals surface area contributed by atoms with E-state index in [0.29, 0.717) is 11.5 Å². The van der Waals surface area contributed by atoms with Gasteiger partial charge in [-0.15, -0.1) is 0 Å². The molecular weight excluding hydrogens is 238 g/mol. The van der Waals surface area contributed by atoms with Gasteiger partial charge in [-0.1, -0.05) is 32.7 Å². The zero-order chi connectivity index (χ0) is 14.8. The van der Waals surface area contributed by atoms with E-state index in [1.54, 1.807) is 14.0 Å². The molecule has 0 aromatic heterocycles. The van der Waals surface area contributed by atoms with Gasteiger partial charge in [0.2, 0.25) is 0 Å². The zero-order valence-corrected chi connectivity index (χ0v) is 12.7. The van der Waals surface area contributed by atoms with Crippen LogP contribution in [0.4, 0.5) is 0 Å². The van der Waals surface area contributed by atoms with Crippen LogP contribution in [0.25, 0.3) is 0 Å². The summed E-state index contributed by atoms with van der Waals surface area (Å²) in [6.07, 6.45) is 3.85. The lowest BCUT2D eigenvalue weighted by Crippen LogP contribution is -2.31. The van der Waals surface area contributed by atoms with Gasteiger partial charge in [0.1, 0.15) is 5.76 Å². The van der Waals surface area contributed by atoms with Crippen LogP contribution < -0.4 is 5.32 Å². The molecular formula is C16H25NO2. The molecule has 0 bridgehead atoms.